The van der Waals surface area contributed by atoms with Crippen LogP contribution in [0.5, 0.6) is 5.75 Å². The fourth-order valence-electron chi connectivity index (χ4n) is 3.52. The zero-order valence-electron chi connectivity index (χ0n) is 19.5. The number of hydrogen-bond acceptors (Lipinski definition) is 3. The van der Waals surface area contributed by atoms with Crippen LogP contribution in [0.15, 0.2) is 48.5 Å². The number of hydrogen-bond donors (Lipinski definition) is 1. The van der Waals surface area contributed by atoms with Gasteiger partial charge in [0.2, 0.25) is 5.91 Å². The molecule has 2 amide bonds. The second-order valence-electron chi connectivity index (χ2n) is 8.12. The summed E-state index contributed by atoms with van der Waals surface area (Å²) in [5.41, 5.74) is 3.27. The lowest BCUT2D eigenvalue weighted by molar-refractivity contribution is -0.142. The smallest absolute Gasteiger partial charge is 0.261 e. The summed E-state index contributed by atoms with van der Waals surface area (Å²) < 4.78 is 5.84. The number of nitrogens with zero attached hydrogens (tertiary/aromatic N) is 1. The molecule has 0 radical (unpaired) electrons. The first-order valence-electron chi connectivity index (χ1n) is 11.2. The van der Waals surface area contributed by atoms with Crippen LogP contribution in [0.25, 0.3) is 0 Å². The first-order chi connectivity index (χ1) is 14.8. The van der Waals surface area contributed by atoms with E-state index in [0.29, 0.717) is 25.1 Å². The molecular weight excluding hydrogens is 388 g/mol. The monoisotopic (exact) mass is 424 g/mol. The van der Waals surface area contributed by atoms with Crippen LogP contribution in [0.2, 0.25) is 0 Å². The number of amides is 2. The molecule has 0 saturated carbocycles. The molecule has 0 aliphatic heterocycles. The van der Waals surface area contributed by atoms with Crippen LogP contribution in [0, 0.1) is 13.8 Å². The van der Waals surface area contributed by atoms with Crippen molar-refractivity contribution in [2.45, 2.75) is 66.0 Å². The summed E-state index contributed by atoms with van der Waals surface area (Å²) in [6, 6.07) is 15.4. The van der Waals surface area contributed by atoms with E-state index in [0.717, 1.165) is 23.1 Å². The number of nitrogens with one attached hydrogen (secondary N) is 1. The predicted octanol–water partition coefficient (Wildman–Crippen LogP) is 4.45. The zero-order chi connectivity index (χ0) is 22.8. The van der Waals surface area contributed by atoms with Gasteiger partial charge in [-0.1, -0.05) is 61.9 Å². The summed E-state index contributed by atoms with van der Waals surface area (Å²) in [6.45, 7) is 10.3. The van der Waals surface area contributed by atoms with Gasteiger partial charge in [-0.05, 0) is 57.2 Å². The van der Waals surface area contributed by atoms with Crippen LogP contribution in [0.3, 0.4) is 0 Å². The van der Waals surface area contributed by atoms with Crippen LogP contribution in [-0.4, -0.2) is 41.9 Å². The lowest BCUT2D eigenvalue weighted by atomic mass is 10.1. The highest BCUT2D eigenvalue weighted by Gasteiger charge is 2.29. The van der Waals surface area contributed by atoms with E-state index in [1.807, 2.05) is 83.1 Å². The van der Waals surface area contributed by atoms with Crippen LogP contribution < -0.4 is 10.1 Å². The van der Waals surface area contributed by atoms with Crippen molar-refractivity contribution in [1.82, 2.24) is 10.2 Å². The molecular formula is C26H36N2O3. The minimum Gasteiger partial charge on any atom is -0.483 e. The van der Waals surface area contributed by atoms with Crippen molar-refractivity contribution >= 4 is 11.8 Å². The molecule has 31 heavy (non-hydrogen) atoms. The standard InChI is InChI=1S/C26H36N2O3/c1-6-21(5)27-26(30)23(7-2)28(16-15-22-11-9-8-10-12-22)25(29)18-31-24-14-13-19(3)17-20(24)4/h8-14,17,21,23H,6-7,15-16,18H2,1-5H3,(H,27,30). The third-order valence-corrected chi connectivity index (χ3v) is 5.55. The third kappa shape index (κ3) is 7.42. The molecule has 2 rings (SSSR count). The molecule has 1 N–H and O–H groups in total. The van der Waals surface area contributed by atoms with Gasteiger partial charge in [-0.15, -0.1) is 0 Å². The van der Waals surface area contributed by atoms with E-state index in [1.54, 1.807) is 4.90 Å². The Morgan fingerprint density at radius 2 is 1.74 bits per heavy atom. The molecule has 0 fully saturated rings. The molecule has 0 aliphatic carbocycles. The Bertz CT molecular complexity index is 851. The molecule has 0 bridgehead atoms. The largest absolute Gasteiger partial charge is 0.483 e. The molecule has 168 valence electrons. The third-order valence-electron chi connectivity index (χ3n) is 5.55. The normalized spacial score (nSPS) is 12.7. The van der Waals surface area contributed by atoms with Crippen LogP contribution in [0.1, 0.15) is 50.3 Å². The van der Waals surface area contributed by atoms with Crippen molar-refractivity contribution in [2.75, 3.05) is 13.2 Å². The minimum atomic E-state index is -0.520. The second kappa shape index (κ2) is 12.1. The molecule has 2 atom stereocenters. The summed E-state index contributed by atoms with van der Waals surface area (Å²) in [4.78, 5) is 27.8. The number of benzene rings is 2. The molecule has 0 aliphatic rings. The summed E-state index contributed by atoms with van der Waals surface area (Å²) >= 11 is 0. The quantitative estimate of drug-likeness (QED) is 0.580. The van der Waals surface area contributed by atoms with Gasteiger partial charge in [-0.3, -0.25) is 9.59 Å². The maximum atomic E-state index is 13.2. The zero-order valence-corrected chi connectivity index (χ0v) is 19.5. The van der Waals surface area contributed by atoms with E-state index in [-0.39, 0.29) is 24.5 Å². The van der Waals surface area contributed by atoms with Crippen molar-refractivity contribution in [3.05, 3.63) is 65.2 Å². The minimum absolute atomic E-state index is 0.0686. The van der Waals surface area contributed by atoms with Crippen LogP contribution in [-0.2, 0) is 16.0 Å². The van der Waals surface area contributed by atoms with Gasteiger partial charge in [0, 0.05) is 12.6 Å². The molecule has 2 aromatic carbocycles. The summed E-state index contributed by atoms with van der Waals surface area (Å²) in [7, 11) is 0. The summed E-state index contributed by atoms with van der Waals surface area (Å²) in [5.74, 6) is 0.408. The highest BCUT2D eigenvalue weighted by Crippen LogP contribution is 2.19. The number of ether oxygens (including phenoxy) is 1. The SMILES string of the molecule is CCC(C)NC(=O)C(CC)N(CCc1ccccc1)C(=O)COc1ccc(C)cc1C. The van der Waals surface area contributed by atoms with Gasteiger partial charge in [-0.25, -0.2) is 0 Å². The Morgan fingerprint density at radius 1 is 1.03 bits per heavy atom. The molecule has 5 heteroatoms. The Kier molecular flexibility index (Phi) is 9.57. The van der Waals surface area contributed by atoms with Crippen LogP contribution in [0.4, 0.5) is 0 Å². The van der Waals surface area contributed by atoms with Gasteiger partial charge in [0.05, 0.1) is 0 Å². The summed E-state index contributed by atoms with van der Waals surface area (Å²) in [6.07, 6.45) is 2.07. The first kappa shape index (κ1) is 24.4. The topological polar surface area (TPSA) is 58.6 Å². The van der Waals surface area contributed by atoms with Crippen molar-refractivity contribution in [2.24, 2.45) is 0 Å². The fraction of sp³-hybridized carbons (Fsp3) is 0.462. The predicted molar refractivity (Wildman–Crippen MR) is 125 cm³/mol. The van der Waals surface area contributed by atoms with E-state index < -0.39 is 6.04 Å². The van der Waals surface area contributed by atoms with Gasteiger partial charge in [-0.2, -0.15) is 0 Å². The maximum Gasteiger partial charge on any atom is 0.261 e. The molecule has 0 saturated heterocycles. The average Bonchev–Trinajstić information content (AvgIpc) is 2.76. The van der Waals surface area contributed by atoms with E-state index in [4.69, 9.17) is 4.74 Å². The fourth-order valence-corrected chi connectivity index (χ4v) is 3.52. The van der Waals surface area contributed by atoms with Gasteiger partial charge in [0.1, 0.15) is 11.8 Å². The Balaban J connectivity index is 2.15. The van der Waals surface area contributed by atoms with Gasteiger partial charge in [0.25, 0.3) is 5.91 Å². The van der Waals surface area contributed by atoms with Crippen molar-refractivity contribution < 1.29 is 14.3 Å². The number of carbonyl (C=O) groups excluding carboxylic acids is 2. The van der Waals surface area contributed by atoms with Gasteiger partial charge < -0.3 is 15.0 Å². The highest BCUT2D eigenvalue weighted by molar-refractivity contribution is 5.88. The molecule has 0 heterocycles. The summed E-state index contributed by atoms with van der Waals surface area (Å²) in [5, 5.41) is 3.03. The lowest BCUT2D eigenvalue weighted by Gasteiger charge is -2.31. The number of aryl methyl sites for hydroxylation is 2. The van der Waals surface area contributed by atoms with Crippen molar-refractivity contribution in [1.29, 1.82) is 0 Å². The molecule has 2 aromatic rings. The van der Waals surface area contributed by atoms with Gasteiger partial charge in [0.15, 0.2) is 6.61 Å². The molecule has 0 spiro atoms. The van der Waals surface area contributed by atoms with E-state index in [2.05, 4.69) is 5.32 Å². The Morgan fingerprint density at radius 3 is 2.35 bits per heavy atom. The molecule has 0 aromatic heterocycles. The highest BCUT2D eigenvalue weighted by atomic mass is 16.5. The molecule has 5 nitrogen and oxygen atoms in total. The van der Waals surface area contributed by atoms with Crippen molar-refractivity contribution in [3.63, 3.8) is 0 Å². The Hall–Kier alpha value is -2.82. The number of rotatable bonds is 11. The molecule has 2 unspecified atom stereocenters. The van der Waals surface area contributed by atoms with Crippen LogP contribution >= 0.6 is 0 Å². The van der Waals surface area contributed by atoms with Gasteiger partial charge >= 0.3 is 0 Å². The van der Waals surface area contributed by atoms with E-state index >= 15 is 0 Å². The van der Waals surface area contributed by atoms with E-state index in [1.165, 1.54) is 0 Å². The average molecular weight is 425 g/mol. The lowest BCUT2D eigenvalue weighted by Crippen LogP contribution is -2.52. The first-order valence-corrected chi connectivity index (χ1v) is 11.2. The second-order valence-corrected chi connectivity index (χ2v) is 8.12. The Labute approximate surface area is 186 Å². The number of carbonyl (C=O) groups is 2. The van der Waals surface area contributed by atoms with Crippen molar-refractivity contribution in [3.8, 4) is 5.75 Å². The maximum absolute atomic E-state index is 13.2. The van der Waals surface area contributed by atoms with E-state index in [9.17, 15) is 9.59 Å².